The average molecular weight is 454 g/mol. The van der Waals surface area contributed by atoms with E-state index in [2.05, 4.69) is 33.2 Å². The van der Waals surface area contributed by atoms with Crippen LogP contribution in [0.15, 0.2) is 24.5 Å². The van der Waals surface area contributed by atoms with E-state index in [4.69, 9.17) is 0 Å². The number of piperidine rings is 1. The van der Waals surface area contributed by atoms with Crippen LogP contribution in [0.2, 0.25) is 0 Å². The minimum Gasteiger partial charge on any atom is -0.348 e. The van der Waals surface area contributed by atoms with Gasteiger partial charge < -0.3 is 15.1 Å². The Bertz CT molecular complexity index is 804. The van der Waals surface area contributed by atoms with Crippen LogP contribution < -0.4 is 5.32 Å². The molecule has 2 atom stereocenters. The van der Waals surface area contributed by atoms with E-state index >= 15 is 0 Å². The summed E-state index contributed by atoms with van der Waals surface area (Å²) in [5, 5.41) is 3.36. The van der Waals surface area contributed by atoms with Crippen LogP contribution in [0.4, 0.5) is 0 Å². The normalized spacial score (nSPS) is 28.7. The molecule has 180 valence electrons. The Morgan fingerprint density at radius 1 is 1.18 bits per heavy atom. The number of nitrogens with zero attached hydrogens (tertiary/aromatic N) is 4. The number of carbonyl (C=O) groups is 2. The Hall–Kier alpha value is -1.99. The van der Waals surface area contributed by atoms with E-state index in [-0.39, 0.29) is 23.4 Å². The first kappa shape index (κ1) is 22.8. The molecule has 4 fully saturated rings. The number of likely N-dealkylation sites (tertiary alicyclic amines) is 1. The van der Waals surface area contributed by atoms with Crippen molar-refractivity contribution in [2.75, 3.05) is 33.2 Å². The number of hydrogen-bond donors (Lipinski definition) is 1. The zero-order chi connectivity index (χ0) is 22.8. The predicted octanol–water partition coefficient (Wildman–Crippen LogP) is 2.42. The van der Waals surface area contributed by atoms with Crippen molar-refractivity contribution in [3.05, 3.63) is 30.1 Å². The summed E-state index contributed by atoms with van der Waals surface area (Å²) >= 11 is 0. The summed E-state index contributed by atoms with van der Waals surface area (Å²) in [6.07, 6.45) is 13.3. The zero-order valence-electron chi connectivity index (χ0n) is 20.0. The third kappa shape index (κ3) is 5.09. The van der Waals surface area contributed by atoms with Crippen LogP contribution in [0.1, 0.15) is 63.4 Å². The molecule has 0 radical (unpaired) electrons. The van der Waals surface area contributed by atoms with Gasteiger partial charge in [-0.25, -0.2) is 0 Å². The van der Waals surface area contributed by atoms with Crippen molar-refractivity contribution < 1.29 is 9.59 Å². The van der Waals surface area contributed by atoms with E-state index in [1.54, 1.807) is 6.20 Å². The number of aromatic nitrogens is 1. The first-order chi connectivity index (χ1) is 16.0. The highest BCUT2D eigenvalue weighted by molar-refractivity contribution is 5.92. The number of hydrogen-bond acceptors (Lipinski definition) is 5. The van der Waals surface area contributed by atoms with Crippen LogP contribution in [0.3, 0.4) is 0 Å². The highest BCUT2D eigenvalue weighted by Gasteiger charge is 2.49. The fraction of sp³-hybridized carbons (Fsp3) is 0.731. The summed E-state index contributed by atoms with van der Waals surface area (Å²) in [5.41, 5.74) is 0.825. The van der Waals surface area contributed by atoms with Crippen LogP contribution in [0, 0.1) is 5.92 Å². The lowest BCUT2D eigenvalue weighted by Crippen LogP contribution is -2.56. The third-order valence-corrected chi connectivity index (χ3v) is 8.62. The van der Waals surface area contributed by atoms with Gasteiger partial charge in [-0.3, -0.25) is 19.5 Å². The molecule has 2 amide bonds. The minimum absolute atomic E-state index is 0.0649. The molecule has 1 N–H and O–H groups in total. The lowest BCUT2D eigenvalue weighted by molar-refractivity contribution is -0.135. The van der Waals surface area contributed by atoms with Gasteiger partial charge in [0.2, 0.25) is 11.8 Å². The maximum atomic E-state index is 13.3. The first-order valence-corrected chi connectivity index (χ1v) is 12.9. The SMILES string of the molecule is CN(CC1CCCCC1)[C@H]1C[C@H]2C(=O)NC3(CCN(Cc4cccnc4)CC3)CC(=O)N2C1. The maximum Gasteiger partial charge on any atom is 0.243 e. The van der Waals surface area contributed by atoms with Gasteiger partial charge in [0.05, 0.1) is 12.0 Å². The number of likely N-dealkylation sites (N-methyl/N-ethyl adjacent to an activating group) is 1. The second kappa shape index (κ2) is 9.71. The highest BCUT2D eigenvalue weighted by atomic mass is 16.2. The van der Waals surface area contributed by atoms with Gasteiger partial charge in [-0.2, -0.15) is 0 Å². The summed E-state index contributed by atoms with van der Waals surface area (Å²) in [6, 6.07) is 4.06. The molecule has 1 aromatic rings. The molecule has 3 saturated heterocycles. The van der Waals surface area contributed by atoms with E-state index < -0.39 is 0 Å². The zero-order valence-corrected chi connectivity index (χ0v) is 20.0. The maximum absolute atomic E-state index is 13.3. The second-order valence-corrected chi connectivity index (χ2v) is 11.0. The molecule has 5 rings (SSSR count). The van der Waals surface area contributed by atoms with Crippen LogP contribution in [-0.2, 0) is 16.1 Å². The van der Waals surface area contributed by atoms with Crippen molar-refractivity contribution in [3.63, 3.8) is 0 Å². The Morgan fingerprint density at radius 3 is 2.70 bits per heavy atom. The van der Waals surface area contributed by atoms with Gasteiger partial charge in [0.25, 0.3) is 0 Å². The molecule has 7 heteroatoms. The Morgan fingerprint density at radius 2 is 1.97 bits per heavy atom. The molecule has 1 saturated carbocycles. The van der Waals surface area contributed by atoms with Crippen LogP contribution in [0.25, 0.3) is 0 Å². The van der Waals surface area contributed by atoms with Crippen molar-refractivity contribution >= 4 is 11.8 Å². The van der Waals surface area contributed by atoms with E-state index in [0.717, 1.165) is 51.4 Å². The fourth-order valence-electron chi connectivity index (χ4n) is 6.55. The Kier molecular flexibility index (Phi) is 6.70. The smallest absolute Gasteiger partial charge is 0.243 e. The molecular formula is C26H39N5O2. The van der Waals surface area contributed by atoms with Crippen LogP contribution in [0.5, 0.6) is 0 Å². The van der Waals surface area contributed by atoms with E-state index in [1.807, 2.05) is 17.2 Å². The highest BCUT2D eigenvalue weighted by Crippen LogP contribution is 2.34. The fourth-order valence-corrected chi connectivity index (χ4v) is 6.55. The second-order valence-electron chi connectivity index (χ2n) is 11.0. The number of nitrogens with one attached hydrogen (secondary N) is 1. The first-order valence-electron chi connectivity index (χ1n) is 12.9. The molecule has 3 aliphatic heterocycles. The third-order valence-electron chi connectivity index (χ3n) is 8.62. The number of rotatable bonds is 5. The molecule has 1 aromatic heterocycles. The molecule has 1 aliphatic carbocycles. The Labute approximate surface area is 197 Å². The largest absolute Gasteiger partial charge is 0.348 e. The van der Waals surface area contributed by atoms with Crippen LogP contribution >= 0.6 is 0 Å². The van der Waals surface area contributed by atoms with E-state index in [9.17, 15) is 9.59 Å². The monoisotopic (exact) mass is 453 g/mol. The Balaban J connectivity index is 1.18. The van der Waals surface area contributed by atoms with Crippen molar-refractivity contribution in [1.82, 2.24) is 25.0 Å². The lowest BCUT2D eigenvalue weighted by Gasteiger charge is -2.41. The van der Waals surface area contributed by atoms with Gasteiger partial charge in [-0.1, -0.05) is 25.3 Å². The van der Waals surface area contributed by atoms with Gasteiger partial charge in [0.1, 0.15) is 6.04 Å². The van der Waals surface area contributed by atoms with Crippen molar-refractivity contribution in [2.45, 2.75) is 82.0 Å². The summed E-state index contributed by atoms with van der Waals surface area (Å²) < 4.78 is 0. The molecule has 33 heavy (non-hydrogen) atoms. The lowest BCUT2D eigenvalue weighted by atomic mass is 9.84. The standard InChI is InChI=1S/C26H39N5O2/c1-29(17-20-6-3-2-4-7-20)22-14-23-25(33)28-26(15-24(32)31(23)19-22)9-12-30(13-10-26)18-21-8-5-11-27-16-21/h5,8,11,16,20,22-23H,2-4,6-7,9-10,12-15,17-19H2,1H3,(H,28,33)/t22-,23-/m0/s1. The average Bonchev–Trinajstić information content (AvgIpc) is 3.25. The molecule has 0 unspecified atom stereocenters. The van der Waals surface area contributed by atoms with Gasteiger partial charge in [0.15, 0.2) is 0 Å². The quantitative estimate of drug-likeness (QED) is 0.742. The predicted molar refractivity (Wildman–Crippen MR) is 127 cm³/mol. The number of carbonyl (C=O) groups excluding carboxylic acids is 2. The molecule has 0 bridgehead atoms. The summed E-state index contributed by atoms with van der Waals surface area (Å²) in [4.78, 5) is 37.6. The van der Waals surface area contributed by atoms with Gasteiger partial charge in [-0.05, 0) is 56.7 Å². The molecule has 4 aliphatic rings. The summed E-state index contributed by atoms with van der Waals surface area (Å²) in [5.74, 6) is 0.997. The molecule has 7 nitrogen and oxygen atoms in total. The molecule has 1 spiro atoms. The van der Waals surface area contributed by atoms with Gasteiger partial charge in [0, 0.05) is 51.2 Å². The minimum atomic E-state index is -0.382. The van der Waals surface area contributed by atoms with Crippen LogP contribution in [-0.4, -0.2) is 82.3 Å². The number of amides is 2. The number of fused-ring (bicyclic) bond motifs is 1. The topological polar surface area (TPSA) is 68.8 Å². The summed E-state index contributed by atoms with van der Waals surface area (Å²) in [7, 11) is 2.19. The van der Waals surface area contributed by atoms with Crippen molar-refractivity contribution in [1.29, 1.82) is 0 Å². The van der Waals surface area contributed by atoms with Gasteiger partial charge in [-0.15, -0.1) is 0 Å². The molecular weight excluding hydrogens is 414 g/mol. The van der Waals surface area contributed by atoms with Crippen molar-refractivity contribution in [3.8, 4) is 0 Å². The molecule has 4 heterocycles. The summed E-state index contributed by atoms with van der Waals surface area (Å²) in [6.45, 7) is 4.44. The van der Waals surface area contributed by atoms with Gasteiger partial charge >= 0.3 is 0 Å². The van der Waals surface area contributed by atoms with E-state index in [0.29, 0.717) is 19.0 Å². The van der Waals surface area contributed by atoms with E-state index in [1.165, 1.54) is 37.7 Å². The number of pyridine rings is 1. The molecule has 0 aromatic carbocycles. The van der Waals surface area contributed by atoms with Crippen molar-refractivity contribution in [2.24, 2.45) is 5.92 Å².